The van der Waals surface area contributed by atoms with E-state index < -0.39 is 0 Å². The first-order valence-corrected chi connectivity index (χ1v) is 10.2. The van der Waals surface area contributed by atoms with Crippen LogP contribution in [-0.2, 0) is 0 Å². The van der Waals surface area contributed by atoms with Crippen LogP contribution in [0.1, 0.15) is 34.8 Å². The van der Waals surface area contributed by atoms with Crippen LogP contribution in [-0.4, -0.2) is 30.3 Å². The predicted molar refractivity (Wildman–Crippen MR) is 116 cm³/mol. The van der Waals surface area contributed by atoms with Gasteiger partial charge in [-0.25, -0.2) is 10.4 Å². The Kier molecular flexibility index (Phi) is 6.97. The van der Waals surface area contributed by atoms with E-state index in [-0.39, 0.29) is 5.91 Å². The Morgan fingerprint density at radius 2 is 1.83 bits per heavy atom. The van der Waals surface area contributed by atoms with Crippen molar-refractivity contribution in [3.63, 3.8) is 0 Å². The van der Waals surface area contributed by atoms with Gasteiger partial charge in [-0.1, -0.05) is 30.3 Å². The zero-order chi connectivity index (χ0) is 20.6. The molecule has 0 fully saturated rings. The van der Waals surface area contributed by atoms with Crippen molar-refractivity contribution >= 4 is 23.5 Å². The Labute approximate surface area is 174 Å². The van der Waals surface area contributed by atoms with Crippen molar-refractivity contribution in [3.05, 3.63) is 64.7 Å². The maximum atomic E-state index is 12.5. The third-order valence-electron chi connectivity index (χ3n) is 3.97. The van der Waals surface area contributed by atoms with Gasteiger partial charge in [-0.05, 0) is 44.5 Å². The molecule has 1 heterocycles. The molecule has 0 unspecified atom stereocenters. The van der Waals surface area contributed by atoms with Crippen LogP contribution in [0.4, 0.5) is 0 Å². The lowest BCUT2D eigenvalue weighted by Crippen LogP contribution is -2.17. The Balaban J connectivity index is 1.70. The molecular formula is C22H23N3O3S. The summed E-state index contributed by atoms with van der Waals surface area (Å²) in [5, 5.41) is 4.89. The number of hydrogen-bond donors (Lipinski definition) is 1. The van der Waals surface area contributed by atoms with E-state index in [1.807, 2.05) is 69.3 Å². The largest absolute Gasteiger partial charge is 0.490 e. The zero-order valence-corrected chi connectivity index (χ0v) is 17.5. The normalized spacial score (nSPS) is 10.9. The lowest BCUT2D eigenvalue weighted by atomic mass is 10.2. The van der Waals surface area contributed by atoms with Crippen LogP contribution in [0.3, 0.4) is 0 Å². The molecule has 7 heteroatoms. The number of carbonyl (C=O) groups is 1. The Morgan fingerprint density at radius 3 is 2.55 bits per heavy atom. The molecule has 150 valence electrons. The predicted octanol–water partition coefficient (Wildman–Crippen LogP) is 4.68. The summed E-state index contributed by atoms with van der Waals surface area (Å²) in [6, 6.07) is 15.3. The van der Waals surface area contributed by atoms with Crippen molar-refractivity contribution in [2.75, 3.05) is 13.2 Å². The first-order valence-electron chi connectivity index (χ1n) is 9.38. The van der Waals surface area contributed by atoms with Gasteiger partial charge in [0.15, 0.2) is 11.5 Å². The van der Waals surface area contributed by atoms with Crippen molar-refractivity contribution in [3.8, 4) is 22.1 Å². The number of aryl methyl sites for hydroxylation is 1. The zero-order valence-electron chi connectivity index (χ0n) is 16.6. The Morgan fingerprint density at radius 1 is 1.10 bits per heavy atom. The molecule has 0 bridgehead atoms. The van der Waals surface area contributed by atoms with Crippen molar-refractivity contribution in [1.82, 2.24) is 10.4 Å². The molecule has 29 heavy (non-hydrogen) atoms. The van der Waals surface area contributed by atoms with Gasteiger partial charge in [0.2, 0.25) is 0 Å². The van der Waals surface area contributed by atoms with E-state index in [1.165, 1.54) is 11.3 Å². The maximum Gasteiger partial charge on any atom is 0.283 e. The highest BCUT2D eigenvalue weighted by Crippen LogP contribution is 2.29. The van der Waals surface area contributed by atoms with Gasteiger partial charge in [0, 0.05) is 5.56 Å². The fourth-order valence-corrected chi connectivity index (χ4v) is 3.64. The molecule has 0 radical (unpaired) electrons. The quantitative estimate of drug-likeness (QED) is 0.433. The highest BCUT2D eigenvalue weighted by molar-refractivity contribution is 7.17. The van der Waals surface area contributed by atoms with Crippen LogP contribution in [0.25, 0.3) is 10.6 Å². The molecule has 0 spiro atoms. The van der Waals surface area contributed by atoms with Crippen molar-refractivity contribution < 1.29 is 14.3 Å². The van der Waals surface area contributed by atoms with Crippen LogP contribution in [0, 0.1) is 6.92 Å². The molecule has 6 nitrogen and oxygen atoms in total. The lowest BCUT2D eigenvalue weighted by Gasteiger charge is -2.11. The number of amides is 1. The van der Waals surface area contributed by atoms with Crippen molar-refractivity contribution in [2.45, 2.75) is 20.8 Å². The number of rotatable bonds is 8. The second kappa shape index (κ2) is 9.84. The average Bonchev–Trinajstić information content (AvgIpc) is 3.12. The molecule has 1 N–H and O–H groups in total. The van der Waals surface area contributed by atoms with E-state index in [0.717, 1.165) is 16.1 Å². The fourth-order valence-electron chi connectivity index (χ4n) is 2.68. The molecule has 0 saturated carbocycles. The third kappa shape index (κ3) is 5.20. The summed E-state index contributed by atoms with van der Waals surface area (Å²) < 4.78 is 11.2. The van der Waals surface area contributed by atoms with E-state index >= 15 is 0 Å². The monoisotopic (exact) mass is 409 g/mol. The fraction of sp³-hybridized carbons (Fsp3) is 0.227. The molecule has 0 saturated heterocycles. The highest BCUT2D eigenvalue weighted by atomic mass is 32.1. The minimum absolute atomic E-state index is 0.283. The summed E-state index contributed by atoms with van der Waals surface area (Å²) >= 11 is 1.35. The summed E-state index contributed by atoms with van der Waals surface area (Å²) in [5.74, 6) is 1.05. The van der Waals surface area contributed by atoms with E-state index in [1.54, 1.807) is 6.21 Å². The van der Waals surface area contributed by atoms with Crippen LogP contribution in [0.5, 0.6) is 11.5 Å². The van der Waals surface area contributed by atoms with Crippen LogP contribution >= 0.6 is 11.3 Å². The summed E-state index contributed by atoms with van der Waals surface area (Å²) in [7, 11) is 0. The van der Waals surface area contributed by atoms with Gasteiger partial charge in [0.1, 0.15) is 9.88 Å². The van der Waals surface area contributed by atoms with E-state index in [4.69, 9.17) is 9.47 Å². The first-order chi connectivity index (χ1) is 14.1. The van der Waals surface area contributed by atoms with Gasteiger partial charge in [0.05, 0.1) is 25.1 Å². The summed E-state index contributed by atoms with van der Waals surface area (Å²) in [5.41, 5.74) is 5.04. The van der Waals surface area contributed by atoms with Gasteiger partial charge < -0.3 is 9.47 Å². The van der Waals surface area contributed by atoms with Gasteiger partial charge in [-0.15, -0.1) is 11.3 Å². The number of thiazole rings is 1. The molecule has 3 aromatic rings. The first kappa shape index (κ1) is 20.5. The third-order valence-corrected chi connectivity index (χ3v) is 5.18. The minimum atomic E-state index is -0.283. The SMILES string of the molecule is CCOc1ccc(/C=N/NC(=O)c2sc(-c3ccccc3)nc2C)cc1OCC. The summed E-state index contributed by atoms with van der Waals surface area (Å²) in [4.78, 5) is 17.6. The number of benzene rings is 2. The number of ether oxygens (including phenoxy) is 2. The van der Waals surface area contributed by atoms with Crippen molar-refractivity contribution in [2.24, 2.45) is 5.10 Å². The number of carbonyl (C=O) groups excluding carboxylic acids is 1. The van der Waals surface area contributed by atoms with E-state index in [2.05, 4.69) is 15.5 Å². The lowest BCUT2D eigenvalue weighted by molar-refractivity contribution is 0.0958. The second-order valence-electron chi connectivity index (χ2n) is 6.07. The highest BCUT2D eigenvalue weighted by Gasteiger charge is 2.15. The van der Waals surface area contributed by atoms with Gasteiger partial charge >= 0.3 is 0 Å². The molecule has 0 aliphatic rings. The molecule has 1 aromatic heterocycles. The van der Waals surface area contributed by atoms with E-state index in [9.17, 15) is 4.79 Å². The molecule has 1 amide bonds. The van der Waals surface area contributed by atoms with Crippen LogP contribution < -0.4 is 14.9 Å². The molecule has 0 atom stereocenters. The van der Waals surface area contributed by atoms with Gasteiger partial charge in [-0.3, -0.25) is 4.79 Å². The Hall–Kier alpha value is -3.19. The number of nitrogens with one attached hydrogen (secondary N) is 1. The second-order valence-corrected chi connectivity index (χ2v) is 7.07. The van der Waals surface area contributed by atoms with Crippen molar-refractivity contribution in [1.29, 1.82) is 0 Å². The van der Waals surface area contributed by atoms with Gasteiger partial charge in [-0.2, -0.15) is 5.10 Å². The Bertz CT molecular complexity index is 1000. The molecule has 2 aromatic carbocycles. The molecule has 0 aliphatic heterocycles. The van der Waals surface area contributed by atoms with Crippen LogP contribution in [0.2, 0.25) is 0 Å². The maximum absolute atomic E-state index is 12.5. The summed E-state index contributed by atoms with van der Waals surface area (Å²) in [6.45, 7) is 6.75. The average molecular weight is 410 g/mol. The number of aromatic nitrogens is 1. The van der Waals surface area contributed by atoms with Crippen LogP contribution in [0.15, 0.2) is 53.6 Å². The minimum Gasteiger partial charge on any atom is -0.490 e. The topological polar surface area (TPSA) is 72.8 Å². The molecular weight excluding hydrogens is 386 g/mol. The number of nitrogens with zero attached hydrogens (tertiary/aromatic N) is 2. The number of hydrazone groups is 1. The smallest absolute Gasteiger partial charge is 0.283 e. The summed E-state index contributed by atoms with van der Waals surface area (Å²) in [6.07, 6.45) is 1.57. The molecule has 0 aliphatic carbocycles. The number of hydrogen-bond acceptors (Lipinski definition) is 6. The molecule has 3 rings (SSSR count). The standard InChI is InChI=1S/C22H23N3O3S/c1-4-27-18-12-11-16(13-19(18)28-5-2)14-23-25-21(26)20-15(3)24-22(29-20)17-9-7-6-8-10-17/h6-14H,4-5H2,1-3H3,(H,25,26)/b23-14+. The van der Waals surface area contributed by atoms with E-state index in [0.29, 0.717) is 35.3 Å². The van der Waals surface area contributed by atoms with Gasteiger partial charge in [0.25, 0.3) is 5.91 Å².